The maximum Gasteiger partial charge on any atom is 0.509 e. The molecule has 0 aromatic heterocycles. The molecule has 0 unspecified atom stereocenters. The van der Waals surface area contributed by atoms with E-state index in [-0.39, 0.29) is 5.56 Å². The summed E-state index contributed by atoms with van der Waals surface area (Å²) in [4.78, 5) is 0. The van der Waals surface area contributed by atoms with E-state index >= 15 is 0 Å². The minimum Gasteiger partial charge on any atom is -0.445 e. The van der Waals surface area contributed by atoms with Gasteiger partial charge >= 0.3 is 6.98 Å². The summed E-state index contributed by atoms with van der Waals surface area (Å²) < 4.78 is 48.8. The zero-order chi connectivity index (χ0) is 10.1. The van der Waals surface area contributed by atoms with E-state index in [1.807, 2.05) is 0 Å². The number of aliphatic hydroxyl groups excluding tert-OH is 1. The van der Waals surface area contributed by atoms with Gasteiger partial charge in [-0.15, -0.1) is 5.46 Å². The number of halogens is 4. The SMILES string of the molecule is OCc1ccc([B-](F)(F)F)cc1F. The normalized spacial score (nSPS) is 11.8. The highest BCUT2D eigenvalue weighted by Gasteiger charge is 2.26. The van der Waals surface area contributed by atoms with Gasteiger partial charge in [-0.25, -0.2) is 4.39 Å². The predicted molar refractivity (Wildman–Crippen MR) is 41.0 cm³/mol. The first-order chi connectivity index (χ1) is 5.95. The van der Waals surface area contributed by atoms with Crippen LogP contribution in [0.2, 0.25) is 0 Å². The minimum absolute atomic E-state index is 0.135. The Hall–Kier alpha value is -1.04. The topological polar surface area (TPSA) is 20.2 Å². The van der Waals surface area contributed by atoms with Gasteiger partial charge in [0.1, 0.15) is 5.82 Å². The van der Waals surface area contributed by atoms with Gasteiger partial charge in [0, 0.05) is 5.56 Å². The summed E-state index contributed by atoms with van der Waals surface area (Å²) in [6.45, 7) is -5.77. The number of benzene rings is 1. The maximum atomic E-state index is 12.7. The lowest BCUT2D eigenvalue weighted by atomic mass is 9.80. The average molecular weight is 193 g/mol. The Morgan fingerprint density at radius 1 is 1.23 bits per heavy atom. The van der Waals surface area contributed by atoms with E-state index in [0.717, 1.165) is 12.1 Å². The summed E-state index contributed by atoms with van der Waals surface area (Å²) in [5, 5.41) is 8.50. The summed E-state index contributed by atoms with van der Waals surface area (Å²) in [5.74, 6) is -1.03. The summed E-state index contributed by atoms with van der Waals surface area (Å²) >= 11 is 0. The molecule has 0 aliphatic carbocycles. The van der Waals surface area contributed by atoms with Crippen LogP contribution in [-0.4, -0.2) is 12.1 Å². The first-order valence-corrected chi connectivity index (χ1v) is 3.54. The summed E-state index contributed by atoms with van der Waals surface area (Å²) in [6.07, 6.45) is 0. The van der Waals surface area contributed by atoms with Crippen LogP contribution in [0.1, 0.15) is 5.56 Å². The molecule has 1 aromatic rings. The van der Waals surface area contributed by atoms with Gasteiger partial charge in [0.05, 0.1) is 6.61 Å². The molecule has 0 spiro atoms. The van der Waals surface area contributed by atoms with Crippen LogP contribution in [0.4, 0.5) is 17.3 Å². The Bertz CT molecular complexity index is 310. The molecular weight excluding hydrogens is 187 g/mol. The van der Waals surface area contributed by atoms with Crippen molar-refractivity contribution in [3.05, 3.63) is 29.6 Å². The molecule has 0 aliphatic heterocycles. The van der Waals surface area contributed by atoms with Crippen LogP contribution >= 0.6 is 0 Å². The Morgan fingerprint density at radius 2 is 1.85 bits per heavy atom. The second-order valence-corrected chi connectivity index (χ2v) is 2.58. The largest absolute Gasteiger partial charge is 0.509 e. The lowest BCUT2D eigenvalue weighted by molar-refractivity contribution is 0.276. The fourth-order valence-electron chi connectivity index (χ4n) is 0.895. The number of hydrogen-bond donors (Lipinski definition) is 1. The second-order valence-electron chi connectivity index (χ2n) is 2.58. The van der Waals surface area contributed by atoms with Crippen LogP contribution in [-0.2, 0) is 6.61 Å². The third-order valence-electron chi connectivity index (χ3n) is 1.63. The van der Waals surface area contributed by atoms with Crippen molar-refractivity contribution in [2.45, 2.75) is 6.61 Å². The van der Waals surface area contributed by atoms with Crippen molar-refractivity contribution in [2.24, 2.45) is 0 Å². The first-order valence-electron chi connectivity index (χ1n) is 3.54. The van der Waals surface area contributed by atoms with E-state index < -0.39 is 24.9 Å². The summed E-state index contributed by atoms with van der Waals surface area (Å²) in [6, 6.07) is 2.08. The molecule has 13 heavy (non-hydrogen) atoms. The van der Waals surface area contributed by atoms with Crippen molar-refractivity contribution in [2.75, 3.05) is 0 Å². The van der Waals surface area contributed by atoms with Crippen LogP contribution in [0.15, 0.2) is 18.2 Å². The number of aliphatic hydroxyl groups is 1. The summed E-state index contributed by atoms with van der Waals surface area (Å²) in [5.41, 5.74) is -1.13. The van der Waals surface area contributed by atoms with E-state index in [1.54, 1.807) is 0 Å². The van der Waals surface area contributed by atoms with E-state index in [9.17, 15) is 17.3 Å². The summed E-state index contributed by atoms with van der Waals surface area (Å²) in [7, 11) is 0. The Balaban J connectivity index is 3.10. The Kier molecular flexibility index (Phi) is 2.61. The molecule has 0 radical (unpaired) electrons. The standard InChI is InChI=1S/C7H6BF4O/c9-7-3-6(8(10,11)12)2-1-5(7)4-13/h1-3,13H,4H2/q-1. The molecule has 0 heterocycles. The third-order valence-corrected chi connectivity index (χ3v) is 1.63. The van der Waals surface area contributed by atoms with Gasteiger partial charge in [-0.05, 0) is 0 Å². The molecule has 0 bridgehead atoms. The number of rotatable bonds is 2. The highest BCUT2D eigenvalue weighted by atomic mass is 19.4. The van der Waals surface area contributed by atoms with Gasteiger partial charge in [-0.1, -0.05) is 18.2 Å². The Morgan fingerprint density at radius 3 is 2.23 bits per heavy atom. The molecule has 1 N–H and O–H groups in total. The van der Waals surface area contributed by atoms with E-state index in [0.29, 0.717) is 6.07 Å². The smallest absolute Gasteiger partial charge is 0.445 e. The highest BCUT2D eigenvalue weighted by molar-refractivity contribution is 6.73. The van der Waals surface area contributed by atoms with Crippen LogP contribution in [0, 0.1) is 5.82 Å². The molecule has 0 atom stereocenters. The van der Waals surface area contributed by atoms with Crippen molar-refractivity contribution in [1.29, 1.82) is 0 Å². The molecule has 6 heteroatoms. The quantitative estimate of drug-likeness (QED) is 0.555. The minimum atomic E-state index is -5.17. The van der Waals surface area contributed by atoms with Gasteiger partial charge in [0.15, 0.2) is 0 Å². The fraction of sp³-hybridized carbons (Fsp3) is 0.143. The highest BCUT2D eigenvalue weighted by Crippen LogP contribution is 2.12. The van der Waals surface area contributed by atoms with Crippen LogP contribution in [0.3, 0.4) is 0 Å². The molecule has 0 fully saturated rings. The van der Waals surface area contributed by atoms with Crippen molar-refractivity contribution >= 4 is 12.4 Å². The van der Waals surface area contributed by atoms with E-state index in [4.69, 9.17) is 5.11 Å². The number of hydrogen-bond acceptors (Lipinski definition) is 1. The fourth-order valence-corrected chi connectivity index (χ4v) is 0.895. The van der Waals surface area contributed by atoms with Crippen LogP contribution < -0.4 is 5.46 Å². The first kappa shape index (κ1) is 10.0. The Labute approximate surface area is 72.1 Å². The van der Waals surface area contributed by atoms with Gasteiger partial charge in [-0.2, -0.15) is 0 Å². The lowest BCUT2D eigenvalue weighted by Gasteiger charge is -2.15. The van der Waals surface area contributed by atoms with E-state index in [2.05, 4.69) is 0 Å². The maximum absolute atomic E-state index is 12.7. The van der Waals surface area contributed by atoms with Gasteiger partial charge in [0.25, 0.3) is 0 Å². The van der Waals surface area contributed by atoms with Gasteiger partial charge in [-0.3, -0.25) is 0 Å². The molecule has 72 valence electrons. The van der Waals surface area contributed by atoms with Crippen molar-refractivity contribution in [3.8, 4) is 0 Å². The molecule has 0 aliphatic rings. The van der Waals surface area contributed by atoms with Crippen LogP contribution in [0.25, 0.3) is 0 Å². The molecule has 1 rings (SSSR count). The van der Waals surface area contributed by atoms with Gasteiger partial charge in [0.2, 0.25) is 0 Å². The monoisotopic (exact) mass is 193 g/mol. The zero-order valence-electron chi connectivity index (χ0n) is 6.48. The molecule has 0 saturated heterocycles. The molecular formula is C7H6BF4O-. The molecule has 1 nitrogen and oxygen atoms in total. The second kappa shape index (κ2) is 3.37. The average Bonchev–Trinajstić information content (AvgIpc) is 2.02. The third kappa shape index (κ3) is 2.21. The van der Waals surface area contributed by atoms with Crippen molar-refractivity contribution in [3.63, 3.8) is 0 Å². The van der Waals surface area contributed by atoms with Gasteiger partial charge < -0.3 is 18.1 Å². The van der Waals surface area contributed by atoms with Crippen molar-refractivity contribution < 1.29 is 22.4 Å². The predicted octanol–water partition coefficient (Wildman–Crippen LogP) is 1.37. The molecule has 0 amide bonds. The lowest BCUT2D eigenvalue weighted by Crippen LogP contribution is -2.34. The molecule has 0 saturated carbocycles. The van der Waals surface area contributed by atoms with E-state index in [1.165, 1.54) is 0 Å². The van der Waals surface area contributed by atoms with Crippen LogP contribution in [0.5, 0.6) is 0 Å². The molecule has 1 aromatic carbocycles. The van der Waals surface area contributed by atoms with Crippen molar-refractivity contribution in [1.82, 2.24) is 0 Å². The zero-order valence-corrected chi connectivity index (χ0v) is 6.48.